The highest BCUT2D eigenvalue weighted by molar-refractivity contribution is 6.99. The Morgan fingerprint density at radius 2 is 0.800 bits per heavy atom. The second-order valence-corrected chi connectivity index (χ2v) is 14.8. The molecule has 0 spiro atoms. The summed E-state index contributed by atoms with van der Waals surface area (Å²) in [6, 6.07) is 21.3. The second kappa shape index (κ2) is 21.1. The van der Waals surface area contributed by atoms with Gasteiger partial charge in [0.1, 0.15) is 0 Å². The van der Waals surface area contributed by atoms with Crippen LogP contribution in [-0.4, -0.2) is 94.2 Å². The van der Waals surface area contributed by atoms with Gasteiger partial charge >= 0.3 is 0 Å². The van der Waals surface area contributed by atoms with Crippen LogP contribution in [0.4, 0.5) is 0 Å². The molecule has 0 unspecified atom stereocenters. The van der Waals surface area contributed by atoms with E-state index in [1.54, 1.807) is 0 Å². The quantitative estimate of drug-likeness (QED) is 0.135. The fraction of sp³-hybridized carbons (Fsp3) is 0.625. The van der Waals surface area contributed by atoms with Crippen molar-refractivity contribution in [2.45, 2.75) is 45.6 Å². The van der Waals surface area contributed by atoms with Crippen LogP contribution in [0.2, 0.25) is 5.04 Å². The zero-order valence-electron chi connectivity index (χ0n) is 25.2. The van der Waals surface area contributed by atoms with Crippen molar-refractivity contribution in [3.63, 3.8) is 0 Å². The van der Waals surface area contributed by atoms with Crippen LogP contribution in [-0.2, 0) is 32.8 Å². The SMILES string of the molecule is CCCCOCCOCCOCCOCCOCCOCCO[Si](c1ccccc1)(c1ccccc1)C(C)(C)C. The van der Waals surface area contributed by atoms with E-state index in [2.05, 4.69) is 88.4 Å². The van der Waals surface area contributed by atoms with Gasteiger partial charge in [0, 0.05) is 6.61 Å². The van der Waals surface area contributed by atoms with Crippen LogP contribution >= 0.6 is 0 Å². The van der Waals surface area contributed by atoms with Gasteiger partial charge in [0.2, 0.25) is 0 Å². The van der Waals surface area contributed by atoms with Crippen molar-refractivity contribution in [2.75, 3.05) is 85.9 Å². The van der Waals surface area contributed by atoms with E-state index in [1.165, 1.54) is 10.4 Å². The van der Waals surface area contributed by atoms with Crippen molar-refractivity contribution in [3.8, 4) is 0 Å². The smallest absolute Gasteiger partial charge is 0.261 e. The minimum Gasteiger partial charge on any atom is -0.405 e. The largest absolute Gasteiger partial charge is 0.405 e. The number of unbranched alkanes of at least 4 members (excludes halogenated alkanes) is 1. The van der Waals surface area contributed by atoms with Gasteiger partial charge in [0.25, 0.3) is 8.32 Å². The van der Waals surface area contributed by atoms with E-state index < -0.39 is 8.32 Å². The molecule has 0 fully saturated rings. The van der Waals surface area contributed by atoms with Crippen LogP contribution < -0.4 is 10.4 Å². The third-order valence-corrected chi connectivity index (χ3v) is 11.5. The first-order valence-corrected chi connectivity index (χ1v) is 16.6. The summed E-state index contributed by atoms with van der Waals surface area (Å²) in [6.07, 6.45) is 2.25. The maximum atomic E-state index is 6.83. The van der Waals surface area contributed by atoms with E-state index >= 15 is 0 Å². The molecule has 0 heterocycles. The lowest BCUT2D eigenvalue weighted by Gasteiger charge is -2.43. The summed E-state index contributed by atoms with van der Waals surface area (Å²) < 4.78 is 40.2. The van der Waals surface area contributed by atoms with Crippen LogP contribution in [0.15, 0.2) is 60.7 Å². The molecule has 8 heteroatoms. The predicted molar refractivity (Wildman–Crippen MR) is 163 cm³/mol. The minimum absolute atomic E-state index is 0.0411. The Hall–Kier alpha value is -1.62. The van der Waals surface area contributed by atoms with Crippen molar-refractivity contribution in [3.05, 3.63) is 60.7 Å². The molecule has 0 saturated carbocycles. The molecular formula is C32H52O7Si. The molecule has 7 nitrogen and oxygen atoms in total. The average Bonchev–Trinajstić information content (AvgIpc) is 2.96. The molecule has 0 aliphatic heterocycles. The Morgan fingerprint density at radius 1 is 0.475 bits per heavy atom. The molecule has 0 bridgehead atoms. The lowest BCUT2D eigenvalue weighted by atomic mass is 10.2. The van der Waals surface area contributed by atoms with Gasteiger partial charge < -0.3 is 32.8 Å². The van der Waals surface area contributed by atoms with Gasteiger partial charge in [-0.2, -0.15) is 0 Å². The van der Waals surface area contributed by atoms with E-state index in [9.17, 15) is 0 Å². The lowest BCUT2D eigenvalue weighted by Crippen LogP contribution is -2.66. The number of rotatable bonds is 24. The molecule has 0 aromatic heterocycles. The summed E-state index contributed by atoms with van der Waals surface area (Å²) in [6.45, 7) is 16.5. The van der Waals surface area contributed by atoms with Crippen molar-refractivity contribution in [1.82, 2.24) is 0 Å². The van der Waals surface area contributed by atoms with Crippen molar-refractivity contribution in [1.29, 1.82) is 0 Å². The highest BCUT2D eigenvalue weighted by atomic mass is 28.4. The Labute approximate surface area is 243 Å². The van der Waals surface area contributed by atoms with Crippen LogP contribution in [0.5, 0.6) is 0 Å². The topological polar surface area (TPSA) is 64.6 Å². The first-order chi connectivity index (χ1) is 19.5. The first kappa shape index (κ1) is 34.6. The molecule has 0 N–H and O–H groups in total. The average molecular weight is 577 g/mol. The fourth-order valence-corrected chi connectivity index (χ4v) is 9.01. The van der Waals surface area contributed by atoms with Gasteiger partial charge in [-0.15, -0.1) is 0 Å². The Bertz CT molecular complexity index is 806. The summed E-state index contributed by atoms with van der Waals surface area (Å²) in [5.74, 6) is 0. The third kappa shape index (κ3) is 12.9. The molecule has 0 atom stereocenters. The maximum absolute atomic E-state index is 6.83. The van der Waals surface area contributed by atoms with Crippen LogP contribution in [0, 0.1) is 0 Å². The fourth-order valence-electron chi connectivity index (χ4n) is 4.46. The molecule has 40 heavy (non-hydrogen) atoms. The first-order valence-electron chi connectivity index (χ1n) is 14.7. The highest BCUT2D eigenvalue weighted by Gasteiger charge is 2.49. The molecule has 2 aromatic rings. The second-order valence-electron chi connectivity index (χ2n) is 10.5. The van der Waals surface area contributed by atoms with Gasteiger partial charge in [0.05, 0.1) is 79.3 Å². The normalized spacial score (nSPS) is 12.2. The number of hydrogen-bond donors (Lipinski definition) is 0. The molecule has 226 valence electrons. The van der Waals surface area contributed by atoms with Gasteiger partial charge in [-0.25, -0.2) is 0 Å². The number of benzene rings is 2. The minimum atomic E-state index is -2.51. The molecule has 0 radical (unpaired) electrons. The van der Waals surface area contributed by atoms with E-state index in [0.717, 1.165) is 19.4 Å². The van der Waals surface area contributed by atoms with Gasteiger partial charge in [-0.1, -0.05) is 94.8 Å². The zero-order valence-corrected chi connectivity index (χ0v) is 26.2. The van der Waals surface area contributed by atoms with E-state index in [4.69, 9.17) is 32.8 Å². The Balaban J connectivity index is 1.52. The number of ether oxygens (including phenoxy) is 6. The monoisotopic (exact) mass is 576 g/mol. The molecule has 0 amide bonds. The van der Waals surface area contributed by atoms with E-state index in [1.807, 2.05) is 0 Å². The van der Waals surface area contributed by atoms with Crippen molar-refractivity contribution >= 4 is 18.7 Å². The van der Waals surface area contributed by atoms with Gasteiger partial charge in [-0.3, -0.25) is 0 Å². The molecule has 0 saturated heterocycles. The standard InChI is InChI=1S/C32H52O7Si/c1-5-6-17-33-18-19-34-20-21-35-22-23-36-24-25-37-26-27-38-28-29-39-40(32(2,3)4,30-13-9-7-10-14-30)31-15-11-8-12-16-31/h7-16H,5-6,17-29H2,1-4H3. The third-order valence-electron chi connectivity index (χ3n) is 6.47. The van der Waals surface area contributed by atoms with Crippen molar-refractivity contribution in [2.24, 2.45) is 0 Å². The van der Waals surface area contributed by atoms with Crippen molar-refractivity contribution < 1.29 is 32.8 Å². The summed E-state index contributed by atoms with van der Waals surface area (Å²) in [5.41, 5.74) is 0. The zero-order chi connectivity index (χ0) is 28.8. The van der Waals surface area contributed by atoms with Crippen LogP contribution in [0.3, 0.4) is 0 Å². The molecule has 2 aromatic carbocycles. The molecular weight excluding hydrogens is 524 g/mol. The maximum Gasteiger partial charge on any atom is 0.261 e. The Morgan fingerprint density at radius 3 is 1.12 bits per heavy atom. The summed E-state index contributed by atoms with van der Waals surface area (Å²) in [7, 11) is -2.51. The molecule has 0 aliphatic carbocycles. The summed E-state index contributed by atoms with van der Waals surface area (Å²) >= 11 is 0. The Kier molecular flexibility index (Phi) is 18.3. The highest BCUT2D eigenvalue weighted by Crippen LogP contribution is 2.36. The van der Waals surface area contributed by atoms with E-state index in [-0.39, 0.29) is 5.04 Å². The molecule has 2 rings (SSSR count). The summed E-state index contributed by atoms with van der Waals surface area (Å²) in [5, 5.41) is 2.51. The van der Waals surface area contributed by atoms with Crippen LogP contribution in [0.1, 0.15) is 40.5 Å². The molecule has 0 aliphatic rings. The van der Waals surface area contributed by atoms with E-state index in [0.29, 0.717) is 79.3 Å². The number of hydrogen-bond acceptors (Lipinski definition) is 7. The lowest BCUT2D eigenvalue weighted by molar-refractivity contribution is -0.0180. The van der Waals surface area contributed by atoms with Crippen LogP contribution in [0.25, 0.3) is 0 Å². The van der Waals surface area contributed by atoms with Gasteiger partial charge in [0.15, 0.2) is 0 Å². The van der Waals surface area contributed by atoms with Gasteiger partial charge in [-0.05, 0) is 21.8 Å². The summed E-state index contributed by atoms with van der Waals surface area (Å²) in [4.78, 5) is 0. The predicted octanol–water partition coefficient (Wildman–Crippen LogP) is 4.46.